The third-order valence-corrected chi connectivity index (χ3v) is 25.4. The van der Waals surface area contributed by atoms with Gasteiger partial charge in [-0.1, -0.05) is 0 Å². The first-order valence-corrected chi connectivity index (χ1v) is 15.6. The van der Waals surface area contributed by atoms with Crippen LogP contribution in [0.15, 0.2) is 43.0 Å². The Bertz CT molecular complexity index is 470. The SMILES string of the molecule is C[C](C)=[Zr]([Cl])([Cl])([C]1=CC=CC1)[C]1=CC=CC1. The molecule has 2 aliphatic rings. The Morgan fingerprint density at radius 3 is 1.69 bits per heavy atom. The second-order valence-corrected chi connectivity index (χ2v) is 25.3. The summed E-state index contributed by atoms with van der Waals surface area (Å²) in [4.78, 5) is 0. The zero-order valence-corrected chi connectivity index (χ0v) is 13.6. The fourth-order valence-electron chi connectivity index (χ4n) is 2.39. The van der Waals surface area contributed by atoms with Gasteiger partial charge in [0.05, 0.1) is 0 Å². The van der Waals surface area contributed by atoms with Crippen molar-refractivity contribution in [1.82, 2.24) is 0 Å². The van der Waals surface area contributed by atoms with E-state index in [9.17, 15) is 0 Å². The number of hydrogen-bond donors (Lipinski definition) is 0. The van der Waals surface area contributed by atoms with Crippen molar-refractivity contribution in [3.63, 3.8) is 0 Å². The molecule has 2 rings (SSSR count). The van der Waals surface area contributed by atoms with E-state index in [4.69, 9.17) is 17.0 Å². The van der Waals surface area contributed by atoms with Crippen LogP contribution >= 0.6 is 17.0 Å². The van der Waals surface area contributed by atoms with E-state index in [1.54, 1.807) is 0 Å². The van der Waals surface area contributed by atoms with Gasteiger partial charge in [0.15, 0.2) is 0 Å². The van der Waals surface area contributed by atoms with Crippen LogP contribution in [-0.4, -0.2) is 3.21 Å². The van der Waals surface area contributed by atoms with Gasteiger partial charge in [-0.2, -0.15) is 0 Å². The molecule has 2 aliphatic carbocycles. The van der Waals surface area contributed by atoms with Crippen LogP contribution in [0.25, 0.3) is 0 Å². The fourth-order valence-corrected chi connectivity index (χ4v) is 14.1. The summed E-state index contributed by atoms with van der Waals surface area (Å²) in [6.07, 6.45) is 14.5. The Hall–Kier alpha value is 0.293. The molecule has 0 saturated carbocycles. The monoisotopic (exact) mass is 332 g/mol. The van der Waals surface area contributed by atoms with Gasteiger partial charge in [-0.3, -0.25) is 0 Å². The van der Waals surface area contributed by atoms with Gasteiger partial charge in [0, 0.05) is 0 Å². The summed E-state index contributed by atoms with van der Waals surface area (Å²) in [7, 11) is 14.1. The maximum atomic E-state index is 7.06. The molecule has 0 nitrogen and oxygen atoms in total. The van der Waals surface area contributed by atoms with Crippen molar-refractivity contribution in [2.24, 2.45) is 0 Å². The number of halogens is 2. The summed E-state index contributed by atoms with van der Waals surface area (Å²) in [5, 5.41) is 0. The van der Waals surface area contributed by atoms with Gasteiger partial charge >= 0.3 is 106 Å². The molecule has 0 heterocycles. The summed E-state index contributed by atoms with van der Waals surface area (Å²) in [5.41, 5.74) is 0. The van der Waals surface area contributed by atoms with E-state index in [-0.39, 0.29) is 0 Å². The molecule has 0 aromatic carbocycles. The van der Waals surface area contributed by atoms with Crippen molar-refractivity contribution in [2.75, 3.05) is 0 Å². The van der Waals surface area contributed by atoms with Gasteiger partial charge in [0.2, 0.25) is 0 Å². The van der Waals surface area contributed by atoms with Gasteiger partial charge in [0.25, 0.3) is 0 Å². The van der Waals surface area contributed by atoms with Crippen LogP contribution < -0.4 is 0 Å². The second-order valence-electron chi connectivity index (χ2n) is 4.66. The molecule has 0 bridgehead atoms. The molecule has 0 atom stereocenters. The molecule has 16 heavy (non-hydrogen) atoms. The van der Waals surface area contributed by atoms with Crippen LogP contribution in [-0.2, 0) is 15.9 Å². The zero-order valence-electron chi connectivity index (χ0n) is 9.63. The van der Waals surface area contributed by atoms with Crippen LogP contribution in [0.1, 0.15) is 26.7 Å². The molecular weight excluding hydrogens is 318 g/mol. The Morgan fingerprint density at radius 1 is 1.00 bits per heavy atom. The van der Waals surface area contributed by atoms with E-state index in [1.807, 2.05) is 0 Å². The average molecular weight is 334 g/mol. The Balaban J connectivity index is 2.65. The fraction of sp³-hybridized carbons (Fsp3) is 0.308. The molecule has 0 fully saturated rings. The minimum absolute atomic E-state index is 0.917. The van der Waals surface area contributed by atoms with Crippen LogP contribution in [0, 0.1) is 0 Å². The van der Waals surface area contributed by atoms with Gasteiger partial charge in [-0.15, -0.1) is 0 Å². The average Bonchev–Trinajstić information content (AvgIpc) is 2.92. The molecule has 86 valence electrons. The normalized spacial score (nSPS) is 20.1. The standard InChI is InChI=1S/2C5H5.C3H6.2ClH.Zr/c2*1-2-4-5-3-1;1-3-2;;;/h2*1-3H,4H2;1-2H3;2*1H;/q;;;;;+2/p-2. The molecule has 3 heteroatoms. The molecule has 0 aromatic rings. The van der Waals surface area contributed by atoms with Gasteiger partial charge < -0.3 is 0 Å². The molecular formula is C13H16Cl2Zr. The molecule has 0 unspecified atom stereocenters. The van der Waals surface area contributed by atoms with E-state index >= 15 is 0 Å². The Labute approximate surface area is 105 Å². The van der Waals surface area contributed by atoms with Crippen molar-refractivity contribution in [3.05, 3.63) is 43.0 Å². The first kappa shape index (κ1) is 12.7. The maximum absolute atomic E-state index is 7.06. The molecule has 0 spiro atoms. The molecule has 0 amide bonds. The Morgan fingerprint density at radius 2 is 1.44 bits per heavy atom. The zero-order chi connectivity index (χ0) is 11.8. The summed E-state index contributed by atoms with van der Waals surface area (Å²) in [6, 6.07) is 0. The Kier molecular flexibility index (Phi) is 3.34. The molecule has 0 aliphatic heterocycles. The van der Waals surface area contributed by atoms with Crippen molar-refractivity contribution in [3.8, 4) is 0 Å². The topological polar surface area (TPSA) is 0 Å². The predicted octanol–water partition coefficient (Wildman–Crippen LogP) is 4.88. The van der Waals surface area contributed by atoms with Crippen molar-refractivity contribution in [2.45, 2.75) is 26.7 Å². The van der Waals surface area contributed by atoms with E-state index < -0.39 is 15.9 Å². The molecule has 0 radical (unpaired) electrons. The van der Waals surface area contributed by atoms with Crippen molar-refractivity contribution >= 4 is 20.2 Å². The van der Waals surface area contributed by atoms with E-state index in [1.165, 1.54) is 9.77 Å². The summed E-state index contributed by atoms with van der Waals surface area (Å²) in [5.74, 6) is 0. The van der Waals surface area contributed by atoms with E-state index in [2.05, 4.69) is 50.3 Å². The van der Waals surface area contributed by atoms with Gasteiger partial charge in [0.1, 0.15) is 0 Å². The summed E-state index contributed by atoms with van der Waals surface area (Å²) in [6.45, 7) is 4.17. The first-order chi connectivity index (χ1) is 7.46. The van der Waals surface area contributed by atoms with Crippen molar-refractivity contribution < 1.29 is 15.9 Å². The minimum atomic E-state index is -3.99. The number of rotatable bonds is 2. The van der Waals surface area contributed by atoms with Crippen LogP contribution in [0.4, 0.5) is 0 Å². The first-order valence-electron chi connectivity index (χ1n) is 5.56. The van der Waals surface area contributed by atoms with Crippen LogP contribution in [0.5, 0.6) is 0 Å². The van der Waals surface area contributed by atoms with Gasteiger partial charge in [-0.25, -0.2) is 0 Å². The van der Waals surface area contributed by atoms with Crippen LogP contribution in [0.2, 0.25) is 0 Å². The predicted molar refractivity (Wildman–Crippen MR) is 71.7 cm³/mol. The van der Waals surface area contributed by atoms with E-state index in [0.29, 0.717) is 0 Å². The van der Waals surface area contributed by atoms with E-state index in [0.717, 1.165) is 12.8 Å². The third kappa shape index (κ3) is 1.72. The van der Waals surface area contributed by atoms with Gasteiger partial charge in [-0.05, 0) is 0 Å². The number of hydrogen-bond acceptors (Lipinski definition) is 0. The van der Waals surface area contributed by atoms with Crippen LogP contribution in [0.3, 0.4) is 0 Å². The molecule has 0 saturated heterocycles. The molecule has 0 N–H and O–H groups in total. The summed E-state index contributed by atoms with van der Waals surface area (Å²) >= 11 is -3.99. The quantitative estimate of drug-likeness (QED) is 0.675. The number of allylic oxidation sites excluding steroid dienone is 8. The third-order valence-electron chi connectivity index (χ3n) is 3.55. The second kappa shape index (κ2) is 4.19. The molecule has 0 aromatic heterocycles. The van der Waals surface area contributed by atoms with Crippen molar-refractivity contribution in [1.29, 1.82) is 0 Å². The summed E-state index contributed by atoms with van der Waals surface area (Å²) < 4.78 is 3.74.